The number of nitrogens with one attached hydrogen (secondary N) is 1. The van der Waals surface area contributed by atoms with Crippen LogP contribution in [0.4, 0.5) is 0 Å². The van der Waals surface area contributed by atoms with E-state index in [-0.39, 0.29) is 12.1 Å². The Kier molecular flexibility index (Phi) is 6.28. The lowest BCUT2D eigenvalue weighted by molar-refractivity contribution is -0.0908. The average Bonchev–Trinajstić information content (AvgIpc) is 2.00. The Morgan fingerprint density at radius 2 is 2.08 bits per heavy atom. The van der Waals surface area contributed by atoms with Gasteiger partial charge in [0.25, 0.3) is 0 Å². The fraction of sp³-hybridized carbons (Fsp3) is 1.00. The van der Waals surface area contributed by atoms with Gasteiger partial charge in [-0.05, 0) is 13.8 Å². The molecule has 0 saturated heterocycles. The summed E-state index contributed by atoms with van der Waals surface area (Å²) >= 11 is 0. The zero-order valence-electron chi connectivity index (χ0n) is 8.25. The van der Waals surface area contributed by atoms with Gasteiger partial charge in [0.2, 0.25) is 0 Å². The number of rotatable bonds is 6. The first kappa shape index (κ1) is 11.8. The fourth-order valence-corrected chi connectivity index (χ4v) is 0.897. The first-order valence-electron chi connectivity index (χ1n) is 4.49. The Balaban J connectivity index is 3.39. The summed E-state index contributed by atoms with van der Waals surface area (Å²) in [6.45, 7) is 7.99. The van der Waals surface area contributed by atoms with Gasteiger partial charge in [0, 0.05) is 31.7 Å². The Hall–Kier alpha value is -0.160. The van der Waals surface area contributed by atoms with Crippen molar-refractivity contribution in [3.05, 3.63) is 0 Å². The maximum atomic E-state index is 9.16. The van der Waals surface area contributed by atoms with Crippen molar-refractivity contribution < 1.29 is 5.21 Å². The summed E-state index contributed by atoms with van der Waals surface area (Å²) in [5, 5.41) is 13.7. The predicted molar refractivity (Wildman–Crippen MR) is 50.1 cm³/mol. The van der Waals surface area contributed by atoms with E-state index in [1.54, 1.807) is 0 Å². The van der Waals surface area contributed by atoms with Crippen molar-refractivity contribution in [3.63, 3.8) is 0 Å². The zero-order valence-corrected chi connectivity index (χ0v) is 8.25. The first-order valence-corrected chi connectivity index (χ1v) is 4.49. The number of likely N-dealkylation sites (N-methyl/N-ethyl adjacent to an activating group) is 1. The molecule has 0 saturated carbocycles. The second-order valence-corrected chi connectivity index (χ2v) is 3.29. The molecule has 0 spiro atoms. The van der Waals surface area contributed by atoms with Crippen molar-refractivity contribution in [3.8, 4) is 0 Å². The molecule has 0 aliphatic rings. The smallest absolute Gasteiger partial charge is 0.0389 e. The van der Waals surface area contributed by atoms with E-state index in [0.717, 1.165) is 6.54 Å². The van der Waals surface area contributed by atoms with Gasteiger partial charge in [0.05, 0.1) is 0 Å². The molecule has 74 valence electrons. The molecule has 0 rings (SSSR count). The minimum atomic E-state index is 0.168. The highest BCUT2D eigenvalue weighted by Gasteiger charge is 2.05. The van der Waals surface area contributed by atoms with Crippen LogP contribution in [-0.4, -0.2) is 42.0 Å². The molecule has 0 aliphatic carbocycles. The lowest BCUT2D eigenvalue weighted by Gasteiger charge is -2.19. The second kappa shape index (κ2) is 6.37. The van der Waals surface area contributed by atoms with Crippen molar-refractivity contribution >= 4 is 0 Å². The molecule has 0 heterocycles. The SMILES string of the molecule is CCN(O)CC(C)NCC(C)N. The maximum Gasteiger partial charge on any atom is 0.0389 e. The van der Waals surface area contributed by atoms with Crippen molar-refractivity contribution in [1.82, 2.24) is 10.4 Å². The molecule has 4 heteroatoms. The van der Waals surface area contributed by atoms with Crippen LogP contribution < -0.4 is 11.1 Å². The van der Waals surface area contributed by atoms with Gasteiger partial charge in [-0.3, -0.25) is 0 Å². The maximum absolute atomic E-state index is 9.16. The third-order valence-corrected chi connectivity index (χ3v) is 1.64. The average molecular weight is 175 g/mol. The number of hydrogen-bond acceptors (Lipinski definition) is 4. The summed E-state index contributed by atoms with van der Waals surface area (Å²) in [5.41, 5.74) is 5.57. The van der Waals surface area contributed by atoms with Crippen LogP contribution in [0.25, 0.3) is 0 Å². The summed E-state index contributed by atoms with van der Waals surface area (Å²) < 4.78 is 0. The van der Waals surface area contributed by atoms with Crippen LogP contribution >= 0.6 is 0 Å². The van der Waals surface area contributed by atoms with Crippen molar-refractivity contribution in [2.75, 3.05) is 19.6 Å². The monoisotopic (exact) mass is 175 g/mol. The number of nitrogens with two attached hydrogens (primary N) is 1. The third-order valence-electron chi connectivity index (χ3n) is 1.64. The quantitative estimate of drug-likeness (QED) is 0.498. The highest BCUT2D eigenvalue weighted by atomic mass is 16.5. The van der Waals surface area contributed by atoms with Crippen molar-refractivity contribution in [2.45, 2.75) is 32.9 Å². The Morgan fingerprint density at radius 1 is 1.50 bits per heavy atom. The molecule has 0 aromatic rings. The number of nitrogens with zero attached hydrogens (tertiary/aromatic N) is 1. The number of hydrogen-bond donors (Lipinski definition) is 3. The van der Waals surface area contributed by atoms with Crippen LogP contribution in [0.1, 0.15) is 20.8 Å². The summed E-state index contributed by atoms with van der Waals surface area (Å²) in [5.74, 6) is 0. The van der Waals surface area contributed by atoms with E-state index in [2.05, 4.69) is 5.32 Å². The molecule has 0 bridgehead atoms. The van der Waals surface area contributed by atoms with Gasteiger partial charge < -0.3 is 16.3 Å². The molecular weight excluding hydrogens is 154 g/mol. The molecule has 4 N–H and O–H groups in total. The van der Waals surface area contributed by atoms with Crippen molar-refractivity contribution in [1.29, 1.82) is 0 Å². The van der Waals surface area contributed by atoms with E-state index in [4.69, 9.17) is 10.9 Å². The third kappa shape index (κ3) is 6.54. The van der Waals surface area contributed by atoms with E-state index < -0.39 is 0 Å². The van der Waals surface area contributed by atoms with Crippen LogP contribution in [0.3, 0.4) is 0 Å². The molecule has 0 aromatic carbocycles. The molecule has 2 atom stereocenters. The molecule has 4 nitrogen and oxygen atoms in total. The zero-order chi connectivity index (χ0) is 9.56. The molecule has 12 heavy (non-hydrogen) atoms. The molecule has 2 unspecified atom stereocenters. The first-order chi connectivity index (χ1) is 5.56. The van der Waals surface area contributed by atoms with E-state index in [1.165, 1.54) is 5.06 Å². The minimum absolute atomic E-state index is 0.168. The Morgan fingerprint density at radius 3 is 2.50 bits per heavy atom. The lowest BCUT2D eigenvalue weighted by Crippen LogP contribution is -2.42. The molecule has 0 amide bonds. The summed E-state index contributed by atoms with van der Waals surface area (Å²) in [4.78, 5) is 0. The Bertz CT molecular complexity index is 108. The molecular formula is C8H21N3O. The summed E-state index contributed by atoms with van der Waals surface area (Å²) in [7, 11) is 0. The van der Waals surface area contributed by atoms with E-state index in [0.29, 0.717) is 13.1 Å². The van der Waals surface area contributed by atoms with Gasteiger partial charge in [-0.15, -0.1) is 0 Å². The van der Waals surface area contributed by atoms with Gasteiger partial charge in [0.15, 0.2) is 0 Å². The van der Waals surface area contributed by atoms with Gasteiger partial charge in [-0.2, -0.15) is 5.06 Å². The summed E-state index contributed by atoms with van der Waals surface area (Å²) in [6, 6.07) is 0.446. The molecule has 0 aliphatic heterocycles. The Labute approximate surface area is 74.7 Å². The molecule has 0 fully saturated rings. The largest absolute Gasteiger partial charge is 0.327 e. The van der Waals surface area contributed by atoms with E-state index in [1.807, 2.05) is 20.8 Å². The van der Waals surface area contributed by atoms with E-state index in [9.17, 15) is 0 Å². The van der Waals surface area contributed by atoms with Gasteiger partial charge in [-0.25, -0.2) is 0 Å². The summed E-state index contributed by atoms with van der Waals surface area (Å²) in [6.07, 6.45) is 0. The van der Waals surface area contributed by atoms with Crippen LogP contribution in [0.15, 0.2) is 0 Å². The van der Waals surface area contributed by atoms with Gasteiger partial charge in [0.1, 0.15) is 0 Å². The van der Waals surface area contributed by atoms with Crippen LogP contribution in [0, 0.1) is 0 Å². The van der Waals surface area contributed by atoms with Crippen molar-refractivity contribution in [2.24, 2.45) is 5.73 Å². The van der Waals surface area contributed by atoms with Gasteiger partial charge in [-0.1, -0.05) is 6.92 Å². The minimum Gasteiger partial charge on any atom is -0.327 e. The standard InChI is InChI=1S/C8H21N3O/c1-4-11(12)6-8(3)10-5-7(2)9/h7-8,10,12H,4-6,9H2,1-3H3. The van der Waals surface area contributed by atoms with Crippen LogP contribution in [0.5, 0.6) is 0 Å². The van der Waals surface area contributed by atoms with E-state index >= 15 is 0 Å². The number of hydroxylamine groups is 2. The van der Waals surface area contributed by atoms with Crippen LogP contribution in [-0.2, 0) is 0 Å². The lowest BCUT2D eigenvalue weighted by atomic mass is 10.3. The highest BCUT2D eigenvalue weighted by Crippen LogP contribution is 1.87. The molecule has 0 aromatic heterocycles. The van der Waals surface area contributed by atoms with Crippen LogP contribution in [0.2, 0.25) is 0 Å². The molecule has 0 radical (unpaired) electrons. The predicted octanol–water partition coefficient (Wildman–Crippen LogP) is 0.0228. The topological polar surface area (TPSA) is 61.5 Å². The fourth-order valence-electron chi connectivity index (χ4n) is 0.897. The second-order valence-electron chi connectivity index (χ2n) is 3.29. The van der Waals surface area contributed by atoms with Gasteiger partial charge >= 0.3 is 0 Å². The normalized spacial score (nSPS) is 16.5. The highest BCUT2D eigenvalue weighted by molar-refractivity contribution is 4.66.